The third-order valence-corrected chi connectivity index (χ3v) is 4.94. The predicted molar refractivity (Wildman–Crippen MR) is 108 cm³/mol. The fraction of sp³-hybridized carbons (Fsp3) is 0.286. The number of fused-ring (bicyclic) bond motifs is 1. The molecular weight excluding hydrogens is 354 g/mol. The number of carbonyl (C=O) groups excluding carboxylic acids is 1. The number of anilines is 1. The number of piperazine rings is 1. The van der Waals surface area contributed by atoms with Gasteiger partial charge < -0.3 is 15.0 Å². The average Bonchev–Trinajstić information content (AvgIpc) is 2.75. The number of hydrogen-bond acceptors (Lipinski definition) is 5. The SMILES string of the molecule is COc1ccc(NC(=O)N2CCN(Cc3ccc4nccnc4c3)CC2)cc1. The van der Waals surface area contributed by atoms with Gasteiger partial charge in [-0.25, -0.2) is 4.79 Å². The highest BCUT2D eigenvalue weighted by molar-refractivity contribution is 5.89. The summed E-state index contributed by atoms with van der Waals surface area (Å²) in [5.74, 6) is 0.770. The molecule has 3 aromatic rings. The number of urea groups is 1. The van der Waals surface area contributed by atoms with E-state index in [1.807, 2.05) is 35.2 Å². The van der Waals surface area contributed by atoms with Gasteiger partial charge in [-0.15, -0.1) is 0 Å². The van der Waals surface area contributed by atoms with E-state index in [-0.39, 0.29) is 6.03 Å². The minimum atomic E-state index is -0.0641. The molecule has 1 saturated heterocycles. The molecule has 0 spiro atoms. The standard InChI is InChI=1S/C21H23N5O2/c1-28-18-5-3-17(4-6-18)24-21(27)26-12-10-25(11-13-26)15-16-2-7-19-20(14-16)23-9-8-22-19/h2-9,14H,10-13,15H2,1H3,(H,24,27). The van der Waals surface area contributed by atoms with Gasteiger partial charge in [0.05, 0.1) is 18.1 Å². The van der Waals surface area contributed by atoms with Crippen LogP contribution in [0.25, 0.3) is 11.0 Å². The summed E-state index contributed by atoms with van der Waals surface area (Å²) in [6.07, 6.45) is 3.42. The van der Waals surface area contributed by atoms with Crippen LogP contribution in [0.1, 0.15) is 5.56 Å². The second-order valence-corrected chi connectivity index (χ2v) is 6.80. The average molecular weight is 377 g/mol. The lowest BCUT2D eigenvalue weighted by Gasteiger charge is -2.34. The lowest BCUT2D eigenvalue weighted by atomic mass is 10.1. The molecule has 0 unspecified atom stereocenters. The number of benzene rings is 2. The van der Waals surface area contributed by atoms with Crippen LogP contribution in [0.4, 0.5) is 10.5 Å². The van der Waals surface area contributed by atoms with E-state index in [0.717, 1.165) is 42.1 Å². The van der Waals surface area contributed by atoms with Crippen molar-refractivity contribution in [1.82, 2.24) is 19.8 Å². The van der Waals surface area contributed by atoms with Gasteiger partial charge in [-0.05, 0) is 42.0 Å². The normalized spacial score (nSPS) is 14.8. The fourth-order valence-corrected chi connectivity index (χ4v) is 3.35. The number of rotatable bonds is 4. The molecule has 1 aliphatic heterocycles. The first-order chi connectivity index (χ1) is 13.7. The molecule has 1 aliphatic rings. The lowest BCUT2D eigenvalue weighted by Crippen LogP contribution is -2.49. The van der Waals surface area contributed by atoms with Crippen LogP contribution < -0.4 is 10.1 Å². The summed E-state index contributed by atoms with van der Waals surface area (Å²) < 4.78 is 5.14. The van der Waals surface area contributed by atoms with E-state index in [9.17, 15) is 4.79 Å². The van der Waals surface area contributed by atoms with Gasteiger partial charge in [0.25, 0.3) is 0 Å². The molecule has 1 fully saturated rings. The Balaban J connectivity index is 1.30. The minimum Gasteiger partial charge on any atom is -0.497 e. The summed E-state index contributed by atoms with van der Waals surface area (Å²) in [4.78, 5) is 25.4. The topological polar surface area (TPSA) is 70.6 Å². The van der Waals surface area contributed by atoms with Crippen molar-refractivity contribution in [2.24, 2.45) is 0 Å². The van der Waals surface area contributed by atoms with E-state index in [0.29, 0.717) is 13.1 Å². The van der Waals surface area contributed by atoms with E-state index in [2.05, 4.69) is 32.3 Å². The zero-order chi connectivity index (χ0) is 19.3. The molecule has 0 saturated carbocycles. The quantitative estimate of drug-likeness (QED) is 0.757. The smallest absolute Gasteiger partial charge is 0.321 e. The first kappa shape index (κ1) is 18.2. The minimum absolute atomic E-state index is 0.0641. The lowest BCUT2D eigenvalue weighted by molar-refractivity contribution is 0.143. The van der Waals surface area contributed by atoms with Gasteiger partial charge in [0.15, 0.2) is 0 Å². The van der Waals surface area contributed by atoms with Crippen molar-refractivity contribution in [2.75, 3.05) is 38.6 Å². The maximum atomic E-state index is 12.5. The van der Waals surface area contributed by atoms with Crippen molar-refractivity contribution < 1.29 is 9.53 Å². The molecule has 144 valence electrons. The largest absolute Gasteiger partial charge is 0.497 e. The maximum absolute atomic E-state index is 12.5. The third kappa shape index (κ3) is 4.20. The molecule has 4 rings (SSSR count). The van der Waals surface area contributed by atoms with Crippen molar-refractivity contribution in [3.63, 3.8) is 0 Å². The summed E-state index contributed by atoms with van der Waals surface area (Å²) in [6.45, 7) is 3.94. The van der Waals surface area contributed by atoms with Crippen LogP contribution in [0.3, 0.4) is 0 Å². The Morgan fingerprint density at radius 3 is 2.43 bits per heavy atom. The number of ether oxygens (including phenoxy) is 1. The molecule has 2 heterocycles. The molecule has 1 aromatic heterocycles. The number of nitrogens with zero attached hydrogens (tertiary/aromatic N) is 4. The number of amides is 2. The molecule has 2 amide bonds. The van der Waals surface area contributed by atoms with Crippen molar-refractivity contribution in [3.05, 3.63) is 60.4 Å². The number of hydrogen-bond donors (Lipinski definition) is 1. The van der Waals surface area contributed by atoms with Gasteiger partial charge >= 0.3 is 6.03 Å². The van der Waals surface area contributed by atoms with E-state index >= 15 is 0 Å². The second-order valence-electron chi connectivity index (χ2n) is 6.80. The number of carbonyl (C=O) groups is 1. The van der Waals surface area contributed by atoms with Crippen LogP contribution >= 0.6 is 0 Å². The molecule has 0 aliphatic carbocycles. The Morgan fingerprint density at radius 2 is 1.71 bits per heavy atom. The van der Waals surface area contributed by atoms with Crippen LogP contribution in [0, 0.1) is 0 Å². The Hall–Kier alpha value is -3.19. The molecule has 7 heteroatoms. The molecule has 0 radical (unpaired) electrons. The van der Waals surface area contributed by atoms with Crippen LogP contribution in [0.15, 0.2) is 54.9 Å². The van der Waals surface area contributed by atoms with E-state index in [4.69, 9.17) is 4.74 Å². The molecular formula is C21H23N5O2. The zero-order valence-electron chi connectivity index (χ0n) is 15.8. The Kier molecular flexibility index (Phi) is 5.34. The van der Waals surface area contributed by atoms with Gasteiger partial charge in [-0.1, -0.05) is 6.07 Å². The Bertz CT molecular complexity index is 952. The summed E-state index contributed by atoms with van der Waals surface area (Å²) in [6, 6.07) is 13.5. The molecule has 28 heavy (non-hydrogen) atoms. The van der Waals surface area contributed by atoms with Gasteiger partial charge in [-0.2, -0.15) is 0 Å². The highest BCUT2D eigenvalue weighted by Gasteiger charge is 2.21. The molecule has 1 N–H and O–H groups in total. The first-order valence-electron chi connectivity index (χ1n) is 9.33. The predicted octanol–water partition coefficient (Wildman–Crippen LogP) is 2.99. The van der Waals surface area contributed by atoms with Gasteiger partial charge in [0.2, 0.25) is 0 Å². The summed E-state index contributed by atoms with van der Waals surface area (Å²) in [5.41, 5.74) is 3.80. The van der Waals surface area contributed by atoms with Crippen LogP contribution in [0.2, 0.25) is 0 Å². The number of nitrogens with one attached hydrogen (secondary N) is 1. The van der Waals surface area contributed by atoms with Crippen LogP contribution in [-0.2, 0) is 6.54 Å². The number of aromatic nitrogens is 2. The second kappa shape index (κ2) is 8.22. The summed E-state index contributed by atoms with van der Waals surface area (Å²) >= 11 is 0. The van der Waals surface area contributed by atoms with E-state index in [1.165, 1.54) is 5.56 Å². The summed E-state index contributed by atoms with van der Waals surface area (Å²) in [7, 11) is 1.62. The summed E-state index contributed by atoms with van der Waals surface area (Å²) in [5, 5.41) is 2.95. The number of methoxy groups -OCH3 is 1. The van der Waals surface area contributed by atoms with Gasteiger partial charge in [0, 0.05) is 50.8 Å². The maximum Gasteiger partial charge on any atom is 0.321 e. The zero-order valence-corrected chi connectivity index (χ0v) is 15.8. The first-order valence-corrected chi connectivity index (χ1v) is 9.33. The fourth-order valence-electron chi connectivity index (χ4n) is 3.35. The molecule has 2 aromatic carbocycles. The molecule has 0 bridgehead atoms. The highest BCUT2D eigenvalue weighted by Crippen LogP contribution is 2.17. The van der Waals surface area contributed by atoms with Crippen molar-refractivity contribution in [1.29, 1.82) is 0 Å². The van der Waals surface area contributed by atoms with Crippen molar-refractivity contribution in [3.8, 4) is 5.75 Å². The van der Waals surface area contributed by atoms with Crippen molar-refractivity contribution in [2.45, 2.75) is 6.54 Å². The van der Waals surface area contributed by atoms with Crippen LogP contribution in [0.5, 0.6) is 5.75 Å². The van der Waals surface area contributed by atoms with Gasteiger partial charge in [0.1, 0.15) is 5.75 Å². The van der Waals surface area contributed by atoms with Crippen LogP contribution in [-0.4, -0.2) is 59.1 Å². The Morgan fingerprint density at radius 1 is 1.00 bits per heavy atom. The molecule has 0 atom stereocenters. The third-order valence-electron chi connectivity index (χ3n) is 4.94. The monoisotopic (exact) mass is 377 g/mol. The highest BCUT2D eigenvalue weighted by atomic mass is 16.5. The van der Waals surface area contributed by atoms with Crippen molar-refractivity contribution >= 4 is 22.8 Å². The Labute approximate surface area is 164 Å². The van der Waals surface area contributed by atoms with E-state index < -0.39 is 0 Å². The van der Waals surface area contributed by atoms with Gasteiger partial charge in [-0.3, -0.25) is 14.9 Å². The molecule has 7 nitrogen and oxygen atoms in total. The van der Waals surface area contributed by atoms with E-state index in [1.54, 1.807) is 19.5 Å².